The molecule has 3 rings (SSSR count). The highest BCUT2D eigenvalue weighted by Gasteiger charge is 2.31. The van der Waals surface area contributed by atoms with E-state index in [9.17, 15) is 9.59 Å². The second-order valence-electron chi connectivity index (χ2n) is 6.77. The van der Waals surface area contributed by atoms with E-state index >= 15 is 0 Å². The average molecular weight is 341 g/mol. The fourth-order valence-electron chi connectivity index (χ4n) is 3.12. The lowest BCUT2D eigenvalue weighted by molar-refractivity contribution is -0.134. The van der Waals surface area contributed by atoms with Crippen molar-refractivity contribution in [2.45, 2.75) is 19.8 Å². The topological polar surface area (TPSA) is 66.7 Å². The first-order chi connectivity index (χ1) is 12.0. The largest absolute Gasteiger partial charge is 0.350 e. The number of piperidine rings is 1. The smallest absolute Gasteiger partial charge is 0.292 e. The maximum atomic E-state index is 12.7. The van der Waals surface area contributed by atoms with E-state index in [4.69, 9.17) is 4.52 Å². The van der Waals surface area contributed by atoms with E-state index in [0.717, 1.165) is 24.0 Å². The fourth-order valence-corrected chi connectivity index (χ4v) is 3.12. The van der Waals surface area contributed by atoms with Crippen LogP contribution in [-0.4, -0.2) is 54.0 Å². The number of carbonyl (C=O) groups is 2. The fraction of sp³-hybridized carbons (Fsp3) is 0.421. The zero-order valence-electron chi connectivity index (χ0n) is 14.9. The van der Waals surface area contributed by atoms with E-state index in [-0.39, 0.29) is 23.5 Å². The van der Waals surface area contributed by atoms with Gasteiger partial charge < -0.3 is 14.3 Å². The monoisotopic (exact) mass is 341 g/mol. The first-order valence-electron chi connectivity index (χ1n) is 8.50. The molecule has 0 saturated carbocycles. The predicted molar refractivity (Wildman–Crippen MR) is 94.0 cm³/mol. The van der Waals surface area contributed by atoms with Gasteiger partial charge in [-0.05, 0) is 19.8 Å². The van der Waals surface area contributed by atoms with Gasteiger partial charge in [-0.2, -0.15) is 0 Å². The van der Waals surface area contributed by atoms with Crippen molar-refractivity contribution >= 4 is 11.8 Å². The molecule has 0 aliphatic carbocycles. The molecule has 1 aromatic heterocycles. The van der Waals surface area contributed by atoms with Crippen LogP contribution in [0.4, 0.5) is 0 Å². The molecular formula is C19H23N3O3. The molecule has 1 saturated heterocycles. The molecule has 2 aromatic rings. The van der Waals surface area contributed by atoms with Crippen LogP contribution in [0.5, 0.6) is 0 Å². The molecule has 1 aliphatic rings. The average Bonchev–Trinajstić information content (AvgIpc) is 3.11. The first-order valence-corrected chi connectivity index (χ1v) is 8.50. The summed E-state index contributed by atoms with van der Waals surface area (Å²) < 4.78 is 5.27. The second-order valence-corrected chi connectivity index (χ2v) is 6.77. The zero-order valence-corrected chi connectivity index (χ0v) is 14.9. The number of aromatic nitrogens is 1. The van der Waals surface area contributed by atoms with Crippen LogP contribution in [-0.2, 0) is 4.79 Å². The number of hydrogen-bond donors (Lipinski definition) is 0. The summed E-state index contributed by atoms with van der Waals surface area (Å²) >= 11 is 0. The van der Waals surface area contributed by atoms with Gasteiger partial charge in [0.25, 0.3) is 5.91 Å². The Labute approximate surface area is 147 Å². The molecule has 1 aliphatic heterocycles. The van der Waals surface area contributed by atoms with Crippen molar-refractivity contribution in [3.63, 3.8) is 0 Å². The standard InChI is InChI=1S/C19H23N3O3/c1-13-6-8-14(9-7-13)16-11-17(25-20-16)19(24)22-10-4-5-15(12-22)18(23)21(2)3/h6-9,11,15H,4-5,10,12H2,1-3H3/t15-/m0/s1. The summed E-state index contributed by atoms with van der Waals surface area (Å²) in [5.41, 5.74) is 2.71. The van der Waals surface area contributed by atoms with Gasteiger partial charge in [-0.15, -0.1) is 0 Å². The Morgan fingerprint density at radius 1 is 1.24 bits per heavy atom. The van der Waals surface area contributed by atoms with Crippen molar-refractivity contribution in [1.82, 2.24) is 15.0 Å². The number of rotatable bonds is 3. The summed E-state index contributed by atoms with van der Waals surface area (Å²) in [4.78, 5) is 28.2. The maximum absolute atomic E-state index is 12.7. The lowest BCUT2D eigenvalue weighted by atomic mass is 9.96. The van der Waals surface area contributed by atoms with Crippen molar-refractivity contribution < 1.29 is 14.1 Å². The number of aryl methyl sites for hydroxylation is 1. The van der Waals surface area contributed by atoms with Crippen molar-refractivity contribution in [2.24, 2.45) is 5.92 Å². The van der Waals surface area contributed by atoms with Crippen molar-refractivity contribution in [3.8, 4) is 11.3 Å². The van der Waals surface area contributed by atoms with Crippen LogP contribution < -0.4 is 0 Å². The zero-order chi connectivity index (χ0) is 18.0. The Morgan fingerprint density at radius 2 is 1.96 bits per heavy atom. The van der Waals surface area contributed by atoms with Gasteiger partial charge in [0.1, 0.15) is 5.69 Å². The quantitative estimate of drug-likeness (QED) is 0.861. The lowest BCUT2D eigenvalue weighted by Gasteiger charge is -2.32. The predicted octanol–water partition coefficient (Wildman–Crippen LogP) is 2.59. The van der Waals surface area contributed by atoms with E-state index in [2.05, 4.69) is 5.16 Å². The molecule has 1 atom stereocenters. The van der Waals surface area contributed by atoms with Gasteiger partial charge in [0.15, 0.2) is 0 Å². The van der Waals surface area contributed by atoms with Crippen LogP contribution in [0.2, 0.25) is 0 Å². The van der Waals surface area contributed by atoms with Crippen LogP contribution in [0.3, 0.4) is 0 Å². The Bertz CT molecular complexity index is 764. The van der Waals surface area contributed by atoms with E-state index in [1.807, 2.05) is 31.2 Å². The van der Waals surface area contributed by atoms with Gasteiger partial charge in [-0.25, -0.2) is 0 Å². The molecule has 132 valence electrons. The van der Waals surface area contributed by atoms with Crippen molar-refractivity contribution in [2.75, 3.05) is 27.2 Å². The number of nitrogens with zero attached hydrogens (tertiary/aromatic N) is 3. The third kappa shape index (κ3) is 3.73. The highest BCUT2D eigenvalue weighted by Crippen LogP contribution is 2.23. The summed E-state index contributed by atoms with van der Waals surface area (Å²) in [6.45, 7) is 3.08. The summed E-state index contributed by atoms with van der Waals surface area (Å²) in [7, 11) is 3.49. The molecule has 25 heavy (non-hydrogen) atoms. The summed E-state index contributed by atoms with van der Waals surface area (Å²) in [5.74, 6) is -0.0711. The molecule has 0 N–H and O–H groups in total. The number of amides is 2. The van der Waals surface area contributed by atoms with E-state index < -0.39 is 0 Å². The van der Waals surface area contributed by atoms with Crippen LogP contribution in [0, 0.1) is 12.8 Å². The molecule has 1 aromatic carbocycles. The van der Waals surface area contributed by atoms with Gasteiger partial charge in [0, 0.05) is 38.8 Å². The highest BCUT2D eigenvalue weighted by molar-refractivity contribution is 5.93. The number of hydrogen-bond acceptors (Lipinski definition) is 4. The number of benzene rings is 1. The molecule has 6 nitrogen and oxygen atoms in total. The minimum atomic E-state index is -0.206. The maximum Gasteiger partial charge on any atom is 0.292 e. The van der Waals surface area contributed by atoms with E-state index in [1.54, 1.807) is 30.0 Å². The molecule has 0 unspecified atom stereocenters. The molecule has 1 fully saturated rings. The Hall–Kier alpha value is -2.63. The second kappa shape index (κ2) is 7.09. The first kappa shape index (κ1) is 17.2. The normalized spacial score (nSPS) is 17.4. The molecule has 0 bridgehead atoms. The van der Waals surface area contributed by atoms with Crippen LogP contribution in [0.15, 0.2) is 34.9 Å². The molecule has 0 radical (unpaired) electrons. The molecular weight excluding hydrogens is 318 g/mol. The number of likely N-dealkylation sites (tertiary alicyclic amines) is 1. The minimum absolute atomic E-state index is 0.0652. The van der Waals surface area contributed by atoms with Gasteiger partial charge >= 0.3 is 0 Å². The molecule has 0 spiro atoms. The van der Waals surface area contributed by atoms with Gasteiger partial charge in [0.2, 0.25) is 11.7 Å². The lowest BCUT2D eigenvalue weighted by Crippen LogP contribution is -2.45. The van der Waals surface area contributed by atoms with Gasteiger partial charge in [-0.3, -0.25) is 9.59 Å². The summed E-state index contributed by atoms with van der Waals surface area (Å²) in [5, 5.41) is 4.02. The Balaban J connectivity index is 1.73. The Kier molecular flexibility index (Phi) is 4.88. The van der Waals surface area contributed by atoms with Gasteiger partial charge in [0.05, 0.1) is 5.92 Å². The SMILES string of the molecule is Cc1ccc(-c2cc(C(=O)N3CCC[C@H](C(=O)N(C)C)C3)on2)cc1. The third-order valence-electron chi connectivity index (χ3n) is 4.57. The van der Waals surface area contributed by atoms with E-state index in [0.29, 0.717) is 18.8 Å². The van der Waals surface area contributed by atoms with Crippen LogP contribution in [0.25, 0.3) is 11.3 Å². The van der Waals surface area contributed by atoms with Crippen LogP contribution in [0.1, 0.15) is 29.0 Å². The third-order valence-corrected chi connectivity index (χ3v) is 4.57. The van der Waals surface area contributed by atoms with Crippen molar-refractivity contribution in [3.05, 3.63) is 41.7 Å². The Morgan fingerprint density at radius 3 is 2.64 bits per heavy atom. The van der Waals surface area contributed by atoms with E-state index in [1.165, 1.54) is 0 Å². The summed E-state index contributed by atoms with van der Waals surface area (Å²) in [6.07, 6.45) is 1.63. The van der Waals surface area contributed by atoms with Crippen molar-refractivity contribution in [1.29, 1.82) is 0 Å². The number of carbonyl (C=O) groups excluding carboxylic acids is 2. The minimum Gasteiger partial charge on any atom is -0.350 e. The summed E-state index contributed by atoms with van der Waals surface area (Å²) in [6, 6.07) is 9.56. The molecule has 2 amide bonds. The highest BCUT2D eigenvalue weighted by atomic mass is 16.5. The van der Waals surface area contributed by atoms with Crippen LogP contribution >= 0.6 is 0 Å². The molecule has 2 heterocycles. The van der Waals surface area contributed by atoms with Gasteiger partial charge in [-0.1, -0.05) is 35.0 Å². The molecule has 6 heteroatoms.